The lowest BCUT2D eigenvalue weighted by atomic mass is 9.94. The Morgan fingerprint density at radius 3 is 2.17 bits per heavy atom. The Kier molecular flexibility index (Phi) is 7.51. The molecule has 0 spiro atoms. The number of benzene rings is 2. The van der Waals surface area contributed by atoms with Crippen molar-refractivity contribution in [2.24, 2.45) is 0 Å². The molecule has 5 nitrogen and oxygen atoms in total. The first-order chi connectivity index (χ1) is 16.5. The zero-order valence-electron chi connectivity index (χ0n) is 17.1. The number of anilines is 1. The fourth-order valence-electron chi connectivity index (χ4n) is 3.15. The summed E-state index contributed by atoms with van der Waals surface area (Å²) in [5.74, 6) is -4.94. The van der Waals surface area contributed by atoms with Crippen molar-refractivity contribution >= 4 is 55.9 Å². The molecule has 36 heavy (non-hydrogen) atoms. The average molecular weight is 656 g/mol. The lowest BCUT2D eigenvalue weighted by Gasteiger charge is -2.31. The second-order valence-electron chi connectivity index (χ2n) is 7.10. The van der Waals surface area contributed by atoms with Crippen LogP contribution in [0.3, 0.4) is 0 Å². The van der Waals surface area contributed by atoms with Gasteiger partial charge in [-0.2, -0.15) is 39.9 Å². The van der Waals surface area contributed by atoms with Crippen molar-refractivity contribution < 1.29 is 53.2 Å². The number of nitrogens with zero attached hydrogens (tertiary/aromatic N) is 1. The van der Waals surface area contributed by atoms with E-state index in [-0.39, 0.29) is 23.2 Å². The van der Waals surface area contributed by atoms with Crippen LogP contribution in [-0.4, -0.2) is 28.2 Å². The highest BCUT2D eigenvalue weighted by atomic mass is 127. The Morgan fingerprint density at radius 2 is 1.61 bits per heavy atom. The van der Waals surface area contributed by atoms with Gasteiger partial charge in [-0.15, -0.1) is 0 Å². The lowest BCUT2D eigenvalue weighted by molar-refractivity contribution is -0.577. The van der Waals surface area contributed by atoms with Crippen LogP contribution in [0.1, 0.15) is 15.9 Å². The molecule has 0 saturated carbocycles. The minimum atomic E-state index is -6.55. The number of pyridine rings is 1. The third kappa shape index (κ3) is 4.96. The van der Waals surface area contributed by atoms with Gasteiger partial charge in [0, 0.05) is 32.2 Å². The normalized spacial score (nSPS) is 13.8. The molecule has 0 aliphatic heterocycles. The zero-order valence-corrected chi connectivity index (χ0v) is 20.0. The molecule has 0 aliphatic rings. The Hall–Kier alpha value is -2.63. The van der Waals surface area contributed by atoms with Crippen LogP contribution in [0.2, 0.25) is 0 Å². The van der Waals surface area contributed by atoms with Gasteiger partial charge in [0.05, 0.1) is 10.6 Å². The first kappa shape index (κ1) is 27.9. The molecule has 0 bridgehead atoms. The maximum atomic E-state index is 14.5. The molecule has 2 aromatic carbocycles. The SMILES string of the molecule is O=C(Nc1c(I)cc(C(F)(C(F)(F)F)C(F)(F)F)cc1S(=O)C(F)F)c1ccc2ccc[n+]([O-])c2c1. The molecule has 1 aromatic heterocycles. The molecule has 0 saturated heterocycles. The molecule has 3 rings (SSSR count). The quantitative estimate of drug-likeness (QED) is 0.160. The summed E-state index contributed by atoms with van der Waals surface area (Å²) in [5.41, 5.74) is -9.20. The largest absolute Gasteiger partial charge is 0.618 e. The number of hydrogen-bond acceptors (Lipinski definition) is 3. The average Bonchev–Trinajstić information content (AvgIpc) is 2.77. The van der Waals surface area contributed by atoms with Crippen molar-refractivity contribution in [2.45, 2.75) is 28.7 Å². The van der Waals surface area contributed by atoms with Gasteiger partial charge in [0.25, 0.3) is 5.91 Å². The maximum absolute atomic E-state index is 14.5. The van der Waals surface area contributed by atoms with Gasteiger partial charge in [-0.3, -0.25) is 4.79 Å². The first-order valence-electron chi connectivity index (χ1n) is 9.27. The van der Waals surface area contributed by atoms with Crippen LogP contribution >= 0.6 is 22.6 Å². The highest BCUT2D eigenvalue weighted by Crippen LogP contribution is 2.54. The molecule has 1 amide bonds. The molecule has 3 aromatic rings. The highest BCUT2D eigenvalue weighted by molar-refractivity contribution is 14.1. The molecule has 0 fully saturated rings. The first-order valence-corrected chi connectivity index (χ1v) is 11.6. The van der Waals surface area contributed by atoms with Gasteiger partial charge in [-0.25, -0.2) is 8.60 Å². The van der Waals surface area contributed by atoms with Crippen LogP contribution in [0.5, 0.6) is 0 Å². The van der Waals surface area contributed by atoms with E-state index in [9.17, 15) is 53.7 Å². The second kappa shape index (κ2) is 9.68. The van der Waals surface area contributed by atoms with Crippen molar-refractivity contribution in [3.63, 3.8) is 0 Å². The number of fused-ring (bicyclic) bond motifs is 1. The molecule has 1 N–H and O–H groups in total. The van der Waals surface area contributed by atoms with Gasteiger partial charge in [0.15, 0.2) is 6.20 Å². The van der Waals surface area contributed by atoms with Crippen LogP contribution < -0.4 is 10.0 Å². The van der Waals surface area contributed by atoms with E-state index in [2.05, 4.69) is 0 Å². The van der Waals surface area contributed by atoms with Crippen LogP contribution in [-0.2, 0) is 16.5 Å². The van der Waals surface area contributed by atoms with E-state index in [1.807, 2.05) is 5.32 Å². The van der Waals surface area contributed by atoms with E-state index >= 15 is 0 Å². The van der Waals surface area contributed by atoms with Crippen molar-refractivity contribution in [3.8, 4) is 0 Å². The molecule has 194 valence electrons. The number of alkyl halides is 9. The topological polar surface area (TPSA) is 73.1 Å². The van der Waals surface area contributed by atoms with Gasteiger partial charge in [-0.1, -0.05) is 0 Å². The standard InChI is InChI=1S/C20H10F9IN2O3S/c21-17(22)36(35)14-8-11(18(23,19(24,25)26)20(27,28)29)7-12(30)15(14)31-16(33)10-4-3-9-2-1-5-32(34)13(9)6-10/h1-8,17H,(H,31,33). The number of rotatable bonds is 5. The summed E-state index contributed by atoms with van der Waals surface area (Å²) in [4.78, 5) is 11.4. The summed E-state index contributed by atoms with van der Waals surface area (Å²) in [5, 5.41) is 14.3. The summed E-state index contributed by atoms with van der Waals surface area (Å²) >= 11 is 1.09. The molecule has 16 heteroatoms. The molecular weight excluding hydrogens is 646 g/mol. The summed E-state index contributed by atoms with van der Waals surface area (Å²) < 4.78 is 132. The van der Waals surface area contributed by atoms with Crippen LogP contribution in [0.25, 0.3) is 10.9 Å². The Morgan fingerprint density at radius 1 is 1.00 bits per heavy atom. The van der Waals surface area contributed by atoms with Gasteiger partial charge < -0.3 is 10.5 Å². The summed E-state index contributed by atoms with van der Waals surface area (Å²) in [6.07, 6.45) is -12.0. The maximum Gasteiger partial charge on any atom is 0.435 e. The van der Waals surface area contributed by atoms with Crippen molar-refractivity contribution in [2.75, 3.05) is 5.32 Å². The van der Waals surface area contributed by atoms with Crippen LogP contribution in [0.4, 0.5) is 45.2 Å². The van der Waals surface area contributed by atoms with E-state index in [0.717, 1.165) is 34.9 Å². The van der Waals surface area contributed by atoms with Crippen molar-refractivity contribution in [1.82, 2.24) is 0 Å². The molecule has 0 aliphatic carbocycles. The summed E-state index contributed by atoms with van der Waals surface area (Å²) in [6.45, 7) is 0. The third-order valence-electron chi connectivity index (χ3n) is 4.88. The molecular formula is C20H10F9IN2O3S. The fourth-order valence-corrected chi connectivity index (χ4v) is 4.89. The Bertz CT molecular complexity index is 1350. The van der Waals surface area contributed by atoms with E-state index in [1.165, 1.54) is 24.3 Å². The summed E-state index contributed by atoms with van der Waals surface area (Å²) in [6, 6.07) is 6.35. The number of carbonyl (C=O) groups is 1. The van der Waals surface area contributed by atoms with E-state index in [1.54, 1.807) is 0 Å². The lowest BCUT2D eigenvalue weighted by Crippen LogP contribution is -2.50. The van der Waals surface area contributed by atoms with Gasteiger partial charge >= 0.3 is 23.8 Å². The van der Waals surface area contributed by atoms with Crippen molar-refractivity contribution in [3.05, 3.63) is 68.6 Å². The zero-order chi connectivity index (χ0) is 27.2. The Balaban J connectivity index is 2.17. The van der Waals surface area contributed by atoms with Crippen LogP contribution in [0, 0.1) is 8.78 Å². The van der Waals surface area contributed by atoms with Gasteiger partial charge in [0.2, 0.25) is 5.52 Å². The van der Waals surface area contributed by atoms with Crippen LogP contribution in [0.15, 0.2) is 53.6 Å². The number of nitrogens with one attached hydrogen (secondary N) is 1. The van der Waals surface area contributed by atoms with E-state index in [0.29, 0.717) is 10.1 Å². The monoisotopic (exact) mass is 656 g/mol. The van der Waals surface area contributed by atoms with Gasteiger partial charge in [0.1, 0.15) is 10.8 Å². The minimum Gasteiger partial charge on any atom is -0.618 e. The second-order valence-corrected chi connectivity index (χ2v) is 9.66. The fraction of sp³-hybridized carbons (Fsp3) is 0.200. The number of aromatic nitrogens is 1. The predicted molar refractivity (Wildman–Crippen MR) is 117 cm³/mol. The van der Waals surface area contributed by atoms with Gasteiger partial charge in [-0.05, 0) is 52.9 Å². The molecule has 1 atom stereocenters. The Labute approximate surface area is 211 Å². The number of amides is 1. The third-order valence-corrected chi connectivity index (χ3v) is 6.81. The van der Waals surface area contributed by atoms with Crippen molar-refractivity contribution in [1.29, 1.82) is 0 Å². The summed E-state index contributed by atoms with van der Waals surface area (Å²) in [7, 11) is -3.56. The van der Waals surface area contributed by atoms with E-state index in [4.69, 9.17) is 0 Å². The minimum absolute atomic E-state index is 0.00384. The highest BCUT2D eigenvalue weighted by Gasteiger charge is 2.73. The smallest absolute Gasteiger partial charge is 0.435 e. The molecule has 1 unspecified atom stereocenters. The van der Waals surface area contributed by atoms with E-state index < -0.39 is 60.2 Å². The number of halogens is 10. The number of carbonyl (C=O) groups excluding carboxylic acids is 1. The number of hydrogen-bond donors (Lipinski definition) is 1. The molecule has 0 radical (unpaired) electrons. The molecule has 1 heterocycles. The predicted octanol–water partition coefficient (Wildman–Crippen LogP) is 5.95.